The Kier molecular flexibility index (Phi) is 16.6. The lowest BCUT2D eigenvalue weighted by atomic mass is 10.1. The number of rotatable bonds is 20. The molecule has 212 valence electrons. The van der Waals surface area contributed by atoms with E-state index in [1.165, 1.54) is 0 Å². The summed E-state index contributed by atoms with van der Waals surface area (Å²) in [5, 5.41) is 33.5. The molecule has 14 heteroatoms. The summed E-state index contributed by atoms with van der Waals surface area (Å²) in [4.78, 5) is 35.6. The number of nitrogens with zero attached hydrogens (tertiary/aromatic N) is 3. The predicted molar refractivity (Wildman–Crippen MR) is 125 cm³/mol. The number of methoxy groups -OCH3 is 1. The van der Waals surface area contributed by atoms with Crippen LogP contribution in [-0.2, 0) is 35.2 Å². The molecule has 0 radical (unpaired) electrons. The van der Waals surface area contributed by atoms with Crippen LogP contribution in [0.4, 0.5) is 0 Å². The number of hydrogen-bond donors (Lipinski definition) is 4. The van der Waals surface area contributed by atoms with Gasteiger partial charge in [-0.05, 0) is 50.8 Å². The second kappa shape index (κ2) is 18.8. The van der Waals surface area contributed by atoms with Crippen LogP contribution >= 0.6 is 0 Å². The van der Waals surface area contributed by atoms with Gasteiger partial charge >= 0.3 is 5.97 Å². The summed E-state index contributed by atoms with van der Waals surface area (Å²) in [6.45, 7) is 4.11. The van der Waals surface area contributed by atoms with Crippen molar-refractivity contribution < 1.29 is 54.3 Å². The van der Waals surface area contributed by atoms with Gasteiger partial charge in [-0.15, -0.1) is 0 Å². The molecular formula is C23H39N3O11. The van der Waals surface area contributed by atoms with E-state index in [0.29, 0.717) is 12.4 Å². The minimum Gasteiger partial charge on any atom is -0.490 e. The molecule has 1 amide bonds. The first-order chi connectivity index (χ1) is 17.6. The molecule has 0 bridgehead atoms. The van der Waals surface area contributed by atoms with E-state index in [2.05, 4.69) is 9.68 Å². The Morgan fingerprint density at radius 2 is 1.49 bits per heavy atom. The summed E-state index contributed by atoms with van der Waals surface area (Å²) in [5.41, 5.74) is 1.08. The van der Waals surface area contributed by atoms with Crippen molar-refractivity contribution >= 4 is 11.9 Å². The molecule has 0 fully saturated rings. The lowest BCUT2D eigenvalue weighted by Crippen LogP contribution is -2.45. The molecule has 37 heavy (non-hydrogen) atoms. The minimum absolute atomic E-state index is 0.00961. The van der Waals surface area contributed by atoms with Gasteiger partial charge in [0.05, 0.1) is 37.1 Å². The molecule has 1 atom stereocenters. The molecule has 0 aliphatic heterocycles. The van der Waals surface area contributed by atoms with Gasteiger partial charge < -0.3 is 19.1 Å². The number of ether oxygens (including phenoxy) is 3. The molecule has 0 aliphatic rings. The molecule has 1 aromatic carbocycles. The van der Waals surface area contributed by atoms with Crippen molar-refractivity contribution in [1.82, 2.24) is 15.7 Å². The molecule has 0 aromatic heterocycles. The molecule has 0 aliphatic carbocycles. The number of carbonyl (C=O) groups is 2. The zero-order valence-electron chi connectivity index (χ0n) is 21.5. The number of amides is 1. The van der Waals surface area contributed by atoms with Crippen molar-refractivity contribution in [3.8, 4) is 5.75 Å². The van der Waals surface area contributed by atoms with Crippen molar-refractivity contribution in [1.29, 1.82) is 0 Å². The average Bonchev–Trinajstić information content (AvgIpc) is 2.84. The fraction of sp³-hybridized carbons (Fsp3) is 0.652. The van der Waals surface area contributed by atoms with Crippen LogP contribution in [0.15, 0.2) is 24.3 Å². The molecule has 0 saturated carbocycles. The normalized spacial score (nSPS) is 12.3. The van der Waals surface area contributed by atoms with Gasteiger partial charge in [-0.1, -0.05) is 12.1 Å². The Bertz CT molecular complexity index is 763. The highest BCUT2D eigenvalue weighted by atomic mass is 17.1. The van der Waals surface area contributed by atoms with Gasteiger partial charge in [-0.25, -0.2) is 0 Å². The molecule has 1 unspecified atom stereocenters. The fourth-order valence-corrected chi connectivity index (χ4v) is 3.23. The maximum atomic E-state index is 12.8. The third kappa shape index (κ3) is 15.5. The van der Waals surface area contributed by atoms with Crippen molar-refractivity contribution in [2.75, 3.05) is 40.1 Å². The van der Waals surface area contributed by atoms with E-state index in [1.807, 2.05) is 26.0 Å². The van der Waals surface area contributed by atoms with E-state index in [4.69, 9.17) is 35.0 Å². The van der Waals surface area contributed by atoms with Crippen LogP contribution in [-0.4, -0.2) is 101 Å². The van der Waals surface area contributed by atoms with Crippen LogP contribution in [0.1, 0.15) is 45.1 Å². The number of hydrogen-bond acceptors (Lipinski definition) is 13. The molecular weight excluding hydrogens is 494 g/mol. The van der Waals surface area contributed by atoms with Crippen molar-refractivity contribution in [2.24, 2.45) is 0 Å². The van der Waals surface area contributed by atoms with Crippen molar-refractivity contribution in [3.63, 3.8) is 0 Å². The number of carbonyl (C=O) groups excluding carboxylic acids is 2. The summed E-state index contributed by atoms with van der Waals surface area (Å²) in [5.74, 6) is -0.229. The maximum Gasteiger partial charge on any atom is 0.306 e. The highest BCUT2D eigenvalue weighted by Gasteiger charge is 2.25. The third-order valence-corrected chi connectivity index (χ3v) is 5.07. The fourth-order valence-electron chi connectivity index (χ4n) is 3.23. The largest absolute Gasteiger partial charge is 0.490 e. The van der Waals surface area contributed by atoms with Crippen molar-refractivity contribution in [2.45, 2.75) is 58.1 Å². The highest BCUT2D eigenvalue weighted by Crippen LogP contribution is 2.15. The van der Waals surface area contributed by atoms with E-state index in [1.54, 1.807) is 24.1 Å². The van der Waals surface area contributed by atoms with E-state index in [0.717, 1.165) is 12.0 Å². The third-order valence-electron chi connectivity index (χ3n) is 5.07. The van der Waals surface area contributed by atoms with Gasteiger partial charge in [-0.2, -0.15) is 0 Å². The summed E-state index contributed by atoms with van der Waals surface area (Å²) >= 11 is 0. The molecule has 14 nitrogen and oxygen atoms in total. The monoisotopic (exact) mass is 533 g/mol. The second-order valence-corrected chi connectivity index (χ2v) is 8.33. The second-order valence-electron chi connectivity index (χ2n) is 8.33. The Morgan fingerprint density at radius 3 is 2.03 bits per heavy atom. The van der Waals surface area contributed by atoms with Gasteiger partial charge in [0.1, 0.15) is 12.4 Å². The van der Waals surface area contributed by atoms with Crippen LogP contribution < -0.4 is 4.74 Å². The molecule has 4 N–H and O–H groups in total. The molecule has 0 saturated heterocycles. The Labute approximate surface area is 216 Å². The van der Waals surface area contributed by atoms with Crippen LogP contribution in [0.2, 0.25) is 0 Å². The van der Waals surface area contributed by atoms with Gasteiger partial charge in [-0.3, -0.25) is 40.1 Å². The predicted octanol–water partition coefficient (Wildman–Crippen LogP) is 1.99. The minimum atomic E-state index is -0.790. The van der Waals surface area contributed by atoms with Gasteiger partial charge in [0.2, 0.25) is 5.91 Å². The molecule has 0 spiro atoms. The lowest BCUT2D eigenvalue weighted by Gasteiger charge is -2.31. The van der Waals surface area contributed by atoms with Gasteiger partial charge in [0.15, 0.2) is 6.10 Å². The van der Waals surface area contributed by atoms with Crippen molar-refractivity contribution in [3.05, 3.63) is 29.8 Å². The quantitative estimate of drug-likeness (QED) is 0.109. The van der Waals surface area contributed by atoms with Crippen LogP contribution in [0, 0.1) is 0 Å². The standard InChI is InChI=1S/C23H39N3O11/c1-18(2)24(22(27)6-4-13-35-25(29)30)16-21(37-23(28)7-5-14-36-26(31)32)17-34-20-10-8-19(9-11-20)12-15-33-3/h8-11,18,21,29-32H,4-7,12-17H2,1-3H3. The smallest absolute Gasteiger partial charge is 0.306 e. The highest BCUT2D eigenvalue weighted by molar-refractivity contribution is 5.76. The summed E-state index contributed by atoms with van der Waals surface area (Å²) in [7, 11) is 1.64. The van der Waals surface area contributed by atoms with Gasteiger partial charge in [0, 0.05) is 26.0 Å². The van der Waals surface area contributed by atoms with E-state index >= 15 is 0 Å². The first-order valence-corrected chi connectivity index (χ1v) is 11.9. The molecule has 1 aromatic rings. The Balaban J connectivity index is 2.79. The zero-order valence-corrected chi connectivity index (χ0v) is 21.5. The summed E-state index contributed by atoms with van der Waals surface area (Å²) in [6.07, 6.45) is 0.407. The Morgan fingerprint density at radius 1 is 0.892 bits per heavy atom. The SMILES string of the molecule is COCCc1ccc(OCC(CN(C(=O)CCCON(O)O)C(C)C)OC(=O)CCCON(O)O)cc1. The maximum absolute atomic E-state index is 12.8. The van der Waals surface area contributed by atoms with Crippen LogP contribution in [0.5, 0.6) is 5.75 Å². The van der Waals surface area contributed by atoms with E-state index < -0.39 is 22.9 Å². The first-order valence-electron chi connectivity index (χ1n) is 11.9. The number of esters is 1. The topological polar surface area (TPSA) is 171 Å². The number of benzene rings is 1. The first kappa shape index (κ1) is 32.6. The lowest BCUT2D eigenvalue weighted by molar-refractivity contribution is -0.492. The van der Waals surface area contributed by atoms with E-state index in [9.17, 15) is 9.59 Å². The molecule has 0 heterocycles. The van der Waals surface area contributed by atoms with Gasteiger partial charge in [0.25, 0.3) is 0 Å². The molecule has 1 rings (SSSR count). The zero-order chi connectivity index (χ0) is 27.6. The summed E-state index contributed by atoms with van der Waals surface area (Å²) in [6, 6.07) is 7.21. The van der Waals surface area contributed by atoms with Crippen LogP contribution in [0.25, 0.3) is 0 Å². The van der Waals surface area contributed by atoms with E-state index in [-0.39, 0.29) is 64.0 Å². The average molecular weight is 534 g/mol. The Hall–Kier alpha value is -2.40. The van der Waals surface area contributed by atoms with Crippen LogP contribution in [0.3, 0.4) is 0 Å². The summed E-state index contributed by atoms with van der Waals surface area (Å²) < 4.78 is 16.5.